The molecular formula is C17H21N5S. The van der Waals surface area contributed by atoms with Crippen molar-refractivity contribution in [3.63, 3.8) is 0 Å². The summed E-state index contributed by atoms with van der Waals surface area (Å²) in [5.41, 5.74) is 2.41. The Balaban J connectivity index is 1.33. The van der Waals surface area contributed by atoms with Crippen LogP contribution in [0.2, 0.25) is 0 Å². The fourth-order valence-electron chi connectivity index (χ4n) is 3.07. The van der Waals surface area contributed by atoms with E-state index in [4.69, 9.17) is 4.98 Å². The smallest absolute Gasteiger partial charge is 0.108 e. The molecule has 1 aromatic carbocycles. The fourth-order valence-corrected chi connectivity index (χ4v) is 4.08. The summed E-state index contributed by atoms with van der Waals surface area (Å²) in [6.07, 6.45) is 1.87. The molecule has 0 N–H and O–H groups in total. The number of nitrogens with zero attached hydrogens (tertiary/aromatic N) is 5. The highest BCUT2D eigenvalue weighted by atomic mass is 32.1. The van der Waals surface area contributed by atoms with Gasteiger partial charge < -0.3 is 0 Å². The maximum atomic E-state index is 4.75. The summed E-state index contributed by atoms with van der Waals surface area (Å²) in [4.78, 5) is 9.77. The number of fused-ring (bicyclic) bond motifs is 1. The van der Waals surface area contributed by atoms with Gasteiger partial charge in [0.25, 0.3) is 0 Å². The van der Waals surface area contributed by atoms with Gasteiger partial charge in [-0.05, 0) is 18.2 Å². The quantitative estimate of drug-likeness (QED) is 0.737. The second-order valence-corrected chi connectivity index (χ2v) is 7.19. The number of rotatable bonds is 4. The van der Waals surface area contributed by atoms with Crippen molar-refractivity contribution in [1.82, 2.24) is 24.6 Å². The summed E-state index contributed by atoms with van der Waals surface area (Å²) in [6.45, 7) is 6.39. The second kappa shape index (κ2) is 6.39. The van der Waals surface area contributed by atoms with Gasteiger partial charge in [-0.15, -0.1) is 11.3 Å². The van der Waals surface area contributed by atoms with Crippen LogP contribution in [0.25, 0.3) is 10.2 Å². The molecule has 3 heterocycles. The maximum Gasteiger partial charge on any atom is 0.108 e. The van der Waals surface area contributed by atoms with Crippen LogP contribution in [-0.2, 0) is 20.1 Å². The van der Waals surface area contributed by atoms with Crippen molar-refractivity contribution in [2.24, 2.45) is 7.05 Å². The highest BCUT2D eigenvalue weighted by Crippen LogP contribution is 2.23. The molecule has 0 aliphatic carbocycles. The molecule has 23 heavy (non-hydrogen) atoms. The molecule has 0 spiro atoms. The van der Waals surface area contributed by atoms with Gasteiger partial charge in [0.2, 0.25) is 0 Å². The number of aryl methyl sites for hydroxylation is 1. The van der Waals surface area contributed by atoms with E-state index in [1.165, 1.54) is 15.4 Å². The maximum absolute atomic E-state index is 4.75. The van der Waals surface area contributed by atoms with E-state index in [1.807, 2.05) is 29.3 Å². The fraction of sp³-hybridized carbons (Fsp3) is 0.412. The largest absolute Gasteiger partial charge is 0.295 e. The molecule has 120 valence electrons. The van der Waals surface area contributed by atoms with Crippen LogP contribution in [0.3, 0.4) is 0 Å². The minimum absolute atomic E-state index is 0.971. The first-order valence-electron chi connectivity index (χ1n) is 8.04. The molecular weight excluding hydrogens is 306 g/mol. The Morgan fingerprint density at radius 2 is 1.74 bits per heavy atom. The van der Waals surface area contributed by atoms with Gasteiger partial charge in [-0.25, -0.2) is 4.98 Å². The van der Waals surface area contributed by atoms with Crippen molar-refractivity contribution in [3.05, 3.63) is 47.2 Å². The standard InChI is InChI=1S/C17H21N5S/c1-20-14(6-7-18-20)12-21-8-10-22(11-9-21)13-17-19-15-4-2-3-5-16(15)23-17/h2-7H,8-13H2,1H3. The minimum atomic E-state index is 0.971. The zero-order valence-corrected chi connectivity index (χ0v) is 14.2. The van der Waals surface area contributed by atoms with Crippen LogP contribution in [0.15, 0.2) is 36.5 Å². The van der Waals surface area contributed by atoms with Gasteiger partial charge >= 0.3 is 0 Å². The highest BCUT2D eigenvalue weighted by Gasteiger charge is 2.19. The van der Waals surface area contributed by atoms with Crippen LogP contribution in [-0.4, -0.2) is 50.7 Å². The third-order valence-electron chi connectivity index (χ3n) is 4.47. The van der Waals surface area contributed by atoms with Crippen molar-refractivity contribution in [1.29, 1.82) is 0 Å². The number of para-hydroxylation sites is 1. The first-order valence-corrected chi connectivity index (χ1v) is 8.85. The number of hydrogen-bond acceptors (Lipinski definition) is 5. The molecule has 1 saturated heterocycles. The average molecular weight is 327 g/mol. The van der Waals surface area contributed by atoms with Crippen molar-refractivity contribution in [3.8, 4) is 0 Å². The molecule has 3 aromatic rings. The van der Waals surface area contributed by atoms with Gasteiger partial charge in [0.1, 0.15) is 5.01 Å². The van der Waals surface area contributed by atoms with E-state index in [2.05, 4.69) is 45.2 Å². The Kier molecular flexibility index (Phi) is 4.11. The van der Waals surface area contributed by atoms with Crippen molar-refractivity contribution >= 4 is 21.6 Å². The second-order valence-electron chi connectivity index (χ2n) is 6.07. The van der Waals surface area contributed by atoms with Gasteiger partial charge in [0.15, 0.2) is 0 Å². The summed E-state index contributed by atoms with van der Waals surface area (Å²) >= 11 is 1.82. The molecule has 6 heteroatoms. The van der Waals surface area contributed by atoms with Crippen LogP contribution < -0.4 is 0 Å². The lowest BCUT2D eigenvalue weighted by molar-refractivity contribution is 0.120. The van der Waals surface area contributed by atoms with Crippen molar-refractivity contribution in [2.45, 2.75) is 13.1 Å². The molecule has 0 atom stereocenters. The number of thiazole rings is 1. The van der Waals surface area contributed by atoms with Gasteiger partial charge in [0.05, 0.1) is 22.5 Å². The van der Waals surface area contributed by atoms with Gasteiger partial charge in [-0.3, -0.25) is 14.5 Å². The van der Waals surface area contributed by atoms with E-state index < -0.39 is 0 Å². The van der Waals surface area contributed by atoms with E-state index in [0.717, 1.165) is 44.8 Å². The molecule has 0 unspecified atom stereocenters. The lowest BCUT2D eigenvalue weighted by Gasteiger charge is -2.34. The molecule has 1 aliphatic heterocycles. The Morgan fingerprint density at radius 1 is 1.00 bits per heavy atom. The van der Waals surface area contributed by atoms with Crippen LogP contribution in [0.4, 0.5) is 0 Å². The predicted molar refractivity (Wildman–Crippen MR) is 93.4 cm³/mol. The Labute approximate surface area is 140 Å². The number of hydrogen-bond donors (Lipinski definition) is 0. The first-order chi connectivity index (χ1) is 11.3. The summed E-state index contributed by atoms with van der Waals surface area (Å²) in [7, 11) is 2.01. The van der Waals surface area contributed by atoms with E-state index in [9.17, 15) is 0 Å². The minimum Gasteiger partial charge on any atom is -0.295 e. The molecule has 5 nitrogen and oxygen atoms in total. The van der Waals surface area contributed by atoms with Crippen LogP contribution >= 0.6 is 11.3 Å². The van der Waals surface area contributed by atoms with Gasteiger partial charge in [0, 0.05) is 46.0 Å². The number of piperazine rings is 1. The van der Waals surface area contributed by atoms with Gasteiger partial charge in [-0.1, -0.05) is 12.1 Å². The zero-order chi connectivity index (χ0) is 15.6. The Morgan fingerprint density at radius 3 is 2.43 bits per heavy atom. The van der Waals surface area contributed by atoms with E-state index in [1.54, 1.807) is 0 Å². The Bertz CT molecular complexity index is 752. The predicted octanol–water partition coefficient (Wildman–Crippen LogP) is 2.35. The highest BCUT2D eigenvalue weighted by molar-refractivity contribution is 7.18. The molecule has 4 rings (SSSR count). The van der Waals surface area contributed by atoms with Crippen LogP contribution in [0.5, 0.6) is 0 Å². The monoisotopic (exact) mass is 327 g/mol. The summed E-state index contributed by atoms with van der Waals surface area (Å²) in [6, 6.07) is 10.5. The molecule has 0 amide bonds. The third kappa shape index (κ3) is 3.29. The molecule has 0 saturated carbocycles. The third-order valence-corrected chi connectivity index (χ3v) is 5.49. The lowest BCUT2D eigenvalue weighted by Crippen LogP contribution is -2.45. The zero-order valence-electron chi connectivity index (χ0n) is 13.4. The Hall–Kier alpha value is -1.76. The summed E-state index contributed by atoms with van der Waals surface area (Å²) < 4.78 is 3.25. The topological polar surface area (TPSA) is 37.2 Å². The van der Waals surface area contributed by atoms with Crippen molar-refractivity contribution in [2.75, 3.05) is 26.2 Å². The first kappa shape index (κ1) is 14.8. The molecule has 1 aliphatic rings. The summed E-state index contributed by atoms with van der Waals surface area (Å²) in [5.74, 6) is 0. The van der Waals surface area contributed by atoms with Crippen LogP contribution in [0.1, 0.15) is 10.7 Å². The molecule has 0 bridgehead atoms. The van der Waals surface area contributed by atoms with Crippen LogP contribution in [0, 0.1) is 0 Å². The molecule has 0 radical (unpaired) electrons. The van der Waals surface area contributed by atoms with E-state index in [-0.39, 0.29) is 0 Å². The normalized spacial score (nSPS) is 17.1. The lowest BCUT2D eigenvalue weighted by atomic mass is 10.3. The SMILES string of the molecule is Cn1nccc1CN1CCN(Cc2nc3ccccc3s2)CC1. The number of benzene rings is 1. The number of aromatic nitrogens is 3. The van der Waals surface area contributed by atoms with Crippen molar-refractivity contribution < 1.29 is 0 Å². The average Bonchev–Trinajstić information content (AvgIpc) is 3.15. The van der Waals surface area contributed by atoms with Gasteiger partial charge in [-0.2, -0.15) is 5.10 Å². The molecule has 1 fully saturated rings. The van der Waals surface area contributed by atoms with E-state index in [0.29, 0.717) is 0 Å². The van der Waals surface area contributed by atoms with E-state index >= 15 is 0 Å². The molecule has 2 aromatic heterocycles. The summed E-state index contributed by atoms with van der Waals surface area (Å²) in [5, 5.41) is 5.47.